The van der Waals surface area contributed by atoms with Crippen LogP contribution >= 0.6 is 0 Å². The Hall–Kier alpha value is -5.86. The Labute approximate surface area is 297 Å². The molecule has 0 atom stereocenters. The Bertz CT molecular complexity index is 3300. The molecule has 0 unspecified atom stereocenters. The van der Waals surface area contributed by atoms with Gasteiger partial charge in [-0.25, -0.2) is 0 Å². The minimum absolute atomic E-state index is 0.0419. The van der Waals surface area contributed by atoms with Crippen molar-refractivity contribution in [3.8, 4) is 33.4 Å². The van der Waals surface area contributed by atoms with E-state index in [9.17, 15) is 9.60 Å². The maximum Gasteiger partial charge on any atom is 0.136 e. The fourth-order valence-electron chi connectivity index (χ4n) is 6.42. The number of nitrogens with zero attached hydrogens (tertiary/aromatic N) is 1. The molecule has 0 spiro atoms. The quantitative estimate of drug-likeness (QED) is 0.191. The van der Waals surface area contributed by atoms with Gasteiger partial charge in [0, 0.05) is 33.1 Å². The third kappa shape index (κ3) is 4.33. The van der Waals surface area contributed by atoms with E-state index < -0.39 is 119 Å². The minimum Gasteiger partial charge on any atom is -0.456 e. The minimum atomic E-state index is -1.29. The number of para-hydroxylation sites is 2. The zero-order valence-corrected chi connectivity index (χ0v) is 25.2. The van der Waals surface area contributed by atoms with Crippen molar-refractivity contribution in [3.05, 3.63) is 175 Å². The molecule has 0 bridgehead atoms. The van der Waals surface area contributed by atoms with Crippen molar-refractivity contribution in [2.75, 3.05) is 4.90 Å². The van der Waals surface area contributed by atoms with Crippen LogP contribution in [0.25, 0.3) is 55.3 Å². The highest BCUT2D eigenvalue weighted by Gasteiger charge is 2.35. The van der Waals surface area contributed by atoms with Crippen LogP contribution in [0.5, 0.6) is 0 Å². The standard InChI is InChI=1S/C45H33NO/c1-45(2)39-19-9-6-15-34(39)38-29-33(27-28-40(38)45)46(32-25-23-31(24-26-32)30-13-4-3-5-14-30)41-20-10-7-16-35(41)36-18-12-22-43-44(36)37-17-8-11-21-42(37)47-43/h3-29H,1-2H3/i3D,4D,5D,6D,9D,13D,14D,15D,19D,23D,24D,25D,26D,27D,28D,29D. The number of hydrogen-bond donors (Lipinski definition) is 0. The molecule has 224 valence electrons. The zero-order valence-electron chi connectivity index (χ0n) is 41.2. The van der Waals surface area contributed by atoms with Crippen LogP contribution in [0.15, 0.2) is 168 Å². The van der Waals surface area contributed by atoms with E-state index in [2.05, 4.69) is 0 Å². The molecule has 1 aromatic heterocycles. The maximum absolute atomic E-state index is 9.99. The normalized spacial score (nSPS) is 17.8. The topological polar surface area (TPSA) is 16.4 Å². The summed E-state index contributed by atoms with van der Waals surface area (Å²) in [6.07, 6.45) is 0. The lowest BCUT2D eigenvalue weighted by Crippen LogP contribution is -2.15. The van der Waals surface area contributed by atoms with Gasteiger partial charge in [0.15, 0.2) is 0 Å². The Morgan fingerprint density at radius 1 is 0.532 bits per heavy atom. The summed E-state index contributed by atoms with van der Waals surface area (Å²) in [6, 6.07) is 9.15. The Morgan fingerprint density at radius 3 is 2.06 bits per heavy atom. The molecular weight excluding hydrogens is 571 g/mol. The second-order valence-electron chi connectivity index (χ2n) is 11.7. The van der Waals surface area contributed by atoms with Crippen LogP contribution in [0.1, 0.15) is 46.9 Å². The summed E-state index contributed by atoms with van der Waals surface area (Å²) in [7, 11) is 0. The highest BCUT2D eigenvalue weighted by atomic mass is 16.3. The molecule has 0 N–H and O–H groups in total. The van der Waals surface area contributed by atoms with Crippen LogP contribution in [-0.4, -0.2) is 0 Å². The monoisotopic (exact) mass is 619 g/mol. The van der Waals surface area contributed by atoms with Gasteiger partial charge in [-0.05, 0) is 81.3 Å². The van der Waals surface area contributed by atoms with Crippen molar-refractivity contribution >= 4 is 39.0 Å². The largest absolute Gasteiger partial charge is 0.456 e. The maximum atomic E-state index is 9.99. The molecule has 2 heteroatoms. The van der Waals surface area contributed by atoms with Crippen molar-refractivity contribution in [3.63, 3.8) is 0 Å². The molecule has 0 saturated carbocycles. The molecule has 47 heavy (non-hydrogen) atoms. The van der Waals surface area contributed by atoms with E-state index >= 15 is 0 Å². The number of rotatable bonds is 5. The average Bonchev–Trinajstić information content (AvgIpc) is 3.77. The van der Waals surface area contributed by atoms with Gasteiger partial charge in [-0.1, -0.05) is 135 Å². The highest BCUT2D eigenvalue weighted by molar-refractivity contribution is 6.13. The first-order valence-corrected chi connectivity index (χ1v) is 15.0. The van der Waals surface area contributed by atoms with Gasteiger partial charge in [0.25, 0.3) is 0 Å². The van der Waals surface area contributed by atoms with Crippen molar-refractivity contribution < 1.29 is 26.3 Å². The lowest BCUT2D eigenvalue weighted by Gasteiger charge is -2.29. The Morgan fingerprint density at radius 2 is 1.19 bits per heavy atom. The SMILES string of the molecule is [2H]c1c([2H])c([2H])c(-c2c([2H])c([2H])c(N(c3ccccc3-c3cccc4oc5ccccc5c34)c3c([2H])c([2H])c4c(c3[2H])-c3c([2H])c([2H])c([2H])c([2H])c3C4(C)C)c([2H])c2[2H])c([2H])c1[2H]. The lowest BCUT2D eigenvalue weighted by molar-refractivity contribution is 0.660. The van der Waals surface area contributed by atoms with E-state index in [4.69, 9.17) is 16.8 Å². The van der Waals surface area contributed by atoms with Crippen LogP contribution in [0.3, 0.4) is 0 Å². The van der Waals surface area contributed by atoms with Gasteiger partial charge in [0.05, 0.1) is 27.6 Å². The molecule has 8 aromatic rings. The number of fused-ring (bicyclic) bond motifs is 6. The molecule has 0 aliphatic heterocycles. The van der Waals surface area contributed by atoms with Gasteiger partial charge in [-0.15, -0.1) is 0 Å². The van der Waals surface area contributed by atoms with E-state index in [0.717, 1.165) is 5.39 Å². The second-order valence-corrected chi connectivity index (χ2v) is 11.7. The number of anilines is 3. The second kappa shape index (κ2) is 10.6. The smallest absolute Gasteiger partial charge is 0.136 e. The summed E-state index contributed by atoms with van der Waals surface area (Å²) >= 11 is 0. The fourth-order valence-corrected chi connectivity index (χ4v) is 6.42. The molecule has 0 radical (unpaired) electrons. The summed E-state index contributed by atoms with van der Waals surface area (Å²) in [4.78, 5) is 1.18. The fraction of sp³-hybridized carbons (Fsp3) is 0.0667. The molecule has 2 nitrogen and oxygen atoms in total. The lowest BCUT2D eigenvalue weighted by atomic mass is 9.82. The van der Waals surface area contributed by atoms with Crippen molar-refractivity contribution in [2.45, 2.75) is 19.3 Å². The molecule has 1 aliphatic rings. The molecule has 0 saturated heterocycles. The van der Waals surface area contributed by atoms with Gasteiger partial charge >= 0.3 is 0 Å². The van der Waals surface area contributed by atoms with E-state index in [1.165, 1.54) is 4.90 Å². The zero-order chi connectivity index (χ0) is 45.5. The van der Waals surface area contributed by atoms with Crippen LogP contribution < -0.4 is 4.90 Å². The van der Waals surface area contributed by atoms with Gasteiger partial charge in [0.2, 0.25) is 0 Å². The average molecular weight is 620 g/mol. The van der Waals surface area contributed by atoms with Gasteiger partial charge in [-0.2, -0.15) is 0 Å². The van der Waals surface area contributed by atoms with Crippen LogP contribution in [0, 0.1) is 0 Å². The van der Waals surface area contributed by atoms with Crippen molar-refractivity contribution in [1.29, 1.82) is 0 Å². The first-order valence-electron chi connectivity index (χ1n) is 23.0. The first-order chi connectivity index (χ1) is 29.7. The molecule has 1 aliphatic carbocycles. The van der Waals surface area contributed by atoms with Crippen LogP contribution in [0.2, 0.25) is 0 Å². The number of hydrogen-bond acceptors (Lipinski definition) is 2. The van der Waals surface area contributed by atoms with Crippen molar-refractivity contribution in [2.24, 2.45) is 0 Å². The van der Waals surface area contributed by atoms with Crippen LogP contribution in [0.4, 0.5) is 17.1 Å². The predicted octanol–water partition coefficient (Wildman–Crippen LogP) is 12.7. The highest BCUT2D eigenvalue weighted by Crippen LogP contribution is 2.51. The molecule has 0 amide bonds. The summed E-state index contributed by atoms with van der Waals surface area (Å²) in [6.45, 7) is 3.30. The Kier molecular flexibility index (Phi) is 3.53. The third-order valence-corrected chi connectivity index (χ3v) is 8.63. The summed E-state index contributed by atoms with van der Waals surface area (Å²) in [5, 5.41) is 1.42. The van der Waals surface area contributed by atoms with E-state index in [0.29, 0.717) is 27.7 Å². The van der Waals surface area contributed by atoms with Crippen molar-refractivity contribution in [1.82, 2.24) is 0 Å². The van der Waals surface area contributed by atoms with E-state index in [1.807, 2.05) is 30.3 Å². The third-order valence-electron chi connectivity index (χ3n) is 8.63. The Balaban J connectivity index is 1.45. The van der Waals surface area contributed by atoms with E-state index in [1.54, 1.807) is 50.2 Å². The number of furan rings is 1. The van der Waals surface area contributed by atoms with Crippen LogP contribution in [-0.2, 0) is 5.41 Å². The van der Waals surface area contributed by atoms with Gasteiger partial charge in [-0.3, -0.25) is 0 Å². The molecular formula is C45H33NO. The molecule has 1 heterocycles. The van der Waals surface area contributed by atoms with E-state index in [-0.39, 0.29) is 34.0 Å². The molecule has 9 rings (SSSR count). The molecule has 7 aromatic carbocycles. The summed E-state index contributed by atoms with van der Waals surface area (Å²) in [5.41, 5.74) is -0.997. The van der Waals surface area contributed by atoms with Gasteiger partial charge < -0.3 is 9.32 Å². The van der Waals surface area contributed by atoms with Gasteiger partial charge in [0.1, 0.15) is 11.2 Å². The first kappa shape index (κ1) is 15.6. The number of benzene rings is 7. The molecule has 0 fully saturated rings. The predicted molar refractivity (Wildman–Crippen MR) is 197 cm³/mol. The summed E-state index contributed by atoms with van der Waals surface area (Å²) in [5.74, 6) is 0. The summed E-state index contributed by atoms with van der Waals surface area (Å²) < 4.78 is 150.